The summed E-state index contributed by atoms with van der Waals surface area (Å²) in [6, 6.07) is 9.65. The van der Waals surface area contributed by atoms with Crippen LogP contribution < -0.4 is 10.2 Å². The van der Waals surface area contributed by atoms with E-state index in [0.717, 1.165) is 41.7 Å². The Hall–Kier alpha value is -2.07. The summed E-state index contributed by atoms with van der Waals surface area (Å²) in [4.78, 5) is 19.0. The second-order valence-corrected chi connectivity index (χ2v) is 7.17. The van der Waals surface area contributed by atoms with Crippen LogP contribution in [0, 0.1) is 5.92 Å². The second-order valence-electron chi connectivity index (χ2n) is 6.74. The van der Waals surface area contributed by atoms with Gasteiger partial charge in [-0.3, -0.25) is 9.78 Å². The third-order valence-electron chi connectivity index (χ3n) is 4.72. The van der Waals surface area contributed by atoms with E-state index in [1.807, 2.05) is 36.5 Å². The lowest BCUT2D eigenvalue weighted by Crippen LogP contribution is -2.33. The van der Waals surface area contributed by atoms with Crippen molar-refractivity contribution in [3.05, 3.63) is 58.9 Å². The first-order valence-electron chi connectivity index (χ1n) is 8.84. The molecule has 1 aliphatic heterocycles. The number of rotatable bonds is 5. The van der Waals surface area contributed by atoms with E-state index in [1.165, 1.54) is 12.8 Å². The topological polar surface area (TPSA) is 45.2 Å². The highest BCUT2D eigenvalue weighted by Gasteiger charge is 2.17. The minimum absolute atomic E-state index is 0.0817. The van der Waals surface area contributed by atoms with Crippen LogP contribution in [0.4, 0.5) is 5.69 Å². The molecule has 1 N–H and O–H groups in total. The van der Waals surface area contributed by atoms with Crippen LogP contribution in [0.1, 0.15) is 35.7 Å². The Morgan fingerprint density at radius 3 is 2.84 bits per heavy atom. The molecule has 1 saturated heterocycles. The highest BCUT2D eigenvalue weighted by Crippen LogP contribution is 2.22. The molecule has 132 valence electrons. The van der Waals surface area contributed by atoms with Crippen LogP contribution in [-0.2, 0) is 6.42 Å². The van der Waals surface area contributed by atoms with Crippen LogP contribution in [0.25, 0.3) is 0 Å². The van der Waals surface area contributed by atoms with E-state index >= 15 is 0 Å². The zero-order valence-corrected chi connectivity index (χ0v) is 15.3. The first-order valence-corrected chi connectivity index (χ1v) is 9.22. The molecule has 3 rings (SSSR count). The number of nitrogens with zero attached hydrogens (tertiary/aromatic N) is 2. The van der Waals surface area contributed by atoms with Crippen LogP contribution in [0.15, 0.2) is 42.7 Å². The molecule has 0 saturated carbocycles. The summed E-state index contributed by atoms with van der Waals surface area (Å²) in [5.74, 6) is 0.698. The lowest BCUT2D eigenvalue weighted by molar-refractivity contribution is 0.0954. The molecule has 1 amide bonds. The van der Waals surface area contributed by atoms with Crippen molar-refractivity contribution in [2.75, 3.05) is 24.5 Å². The summed E-state index contributed by atoms with van der Waals surface area (Å²) in [5.41, 5.74) is 2.76. The molecule has 0 atom stereocenters. The number of anilines is 1. The number of carbonyl (C=O) groups excluding carboxylic acids is 1. The second kappa shape index (κ2) is 8.34. The van der Waals surface area contributed by atoms with Crippen LogP contribution in [0.5, 0.6) is 0 Å². The number of pyridine rings is 1. The summed E-state index contributed by atoms with van der Waals surface area (Å²) < 4.78 is 0. The number of hydrogen-bond acceptors (Lipinski definition) is 3. The molecule has 1 aromatic heterocycles. The van der Waals surface area contributed by atoms with Crippen molar-refractivity contribution in [3.63, 3.8) is 0 Å². The first kappa shape index (κ1) is 17.7. The Bertz CT molecular complexity index is 726. The Kier molecular flexibility index (Phi) is 5.92. The average Bonchev–Trinajstić information content (AvgIpc) is 2.62. The van der Waals surface area contributed by atoms with Crippen LogP contribution in [-0.4, -0.2) is 30.5 Å². The number of nitrogens with one attached hydrogen (secondary N) is 1. The molecule has 0 radical (unpaired) electrons. The maximum absolute atomic E-state index is 12.4. The predicted molar refractivity (Wildman–Crippen MR) is 102 cm³/mol. The van der Waals surface area contributed by atoms with Crippen LogP contribution >= 0.6 is 11.6 Å². The molecule has 1 aliphatic rings. The van der Waals surface area contributed by atoms with Crippen LogP contribution in [0.2, 0.25) is 5.02 Å². The van der Waals surface area contributed by atoms with Gasteiger partial charge in [0.05, 0.1) is 17.4 Å². The molecule has 2 heterocycles. The van der Waals surface area contributed by atoms with Crippen molar-refractivity contribution >= 4 is 23.2 Å². The molecule has 0 spiro atoms. The fraction of sp³-hybridized carbons (Fsp3) is 0.400. The number of aromatic nitrogens is 1. The Morgan fingerprint density at radius 1 is 1.28 bits per heavy atom. The molecule has 1 aromatic carbocycles. The van der Waals surface area contributed by atoms with E-state index in [0.29, 0.717) is 12.1 Å². The molecule has 5 heteroatoms. The number of amides is 1. The van der Waals surface area contributed by atoms with Gasteiger partial charge in [0.15, 0.2) is 0 Å². The van der Waals surface area contributed by atoms with Gasteiger partial charge in [-0.1, -0.05) is 30.7 Å². The van der Waals surface area contributed by atoms with Gasteiger partial charge in [-0.15, -0.1) is 0 Å². The van der Waals surface area contributed by atoms with Crippen molar-refractivity contribution in [1.29, 1.82) is 0 Å². The third-order valence-corrected chi connectivity index (χ3v) is 4.96. The zero-order valence-electron chi connectivity index (χ0n) is 14.5. The van der Waals surface area contributed by atoms with Gasteiger partial charge >= 0.3 is 0 Å². The Labute approximate surface area is 154 Å². The lowest BCUT2D eigenvalue weighted by atomic mass is 9.99. The minimum atomic E-state index is -0.0817. The lowest BCUT2D eigenvalue weighted by Gasteiger charge is -2.32. The van der Waals surface area contributed by atoms with Gasteiger partial charge in [-0.25, -0.2) is 0 Å². The number of carbonyl (C=O) groups is 1. The van der Waals surface area contributed by atoms with Gasteiger partial charge in [-0.05, 0) is 48.9 Å². The van der Waals surface area contributed by atoms with Crippen molar-refractivity contribution in [3.8, 4) is 0 Å². The molecule has 0 unspecified atom stereocenters. The van der Waals surface area contributed by atoms with E-state index in [1.54, 1.807) is 6.20 Å². The quantitative estimate of drug-likeness (QED) is 0.881. The Balaban J connectivity index is 1.56. The first-order chi connectivity index (χ1) is 12.1. The van der Waals surface area contributed by atoms with Crippen molar-refractivity contribution in [2.45, 2.75) is 26.2 Å². The van der Waals surface area contributed by atoms with E-state index in [4.69, 9.17) is 11.6 Å². The van der Waals surface area contributed by atoms with E-state index in [-0.39, 0.29) is 5.91 Å². The maximum atomic E-state index is 12.4. The van der Waals surface area contributed by atoms with Crippen LogP contribution in [0.3, 0.4) is 0 Å². The number of hydrogen-bond donors (Lipinski definition) is 1. The molecule has 1 fully saturated rings. The fourth-order valence-electron chi connectivity index (χ4n) is 3.11. The van der Waals surface area contributed by atoms with Crippen molar-refractivity contribution in [1.82, 2.24) is 10.3 Å². The highest BCUT2D eigenvalue weighted by molar-refractivity contribution is 6.30. The minimum Gasteiger partial charge on any atom is -0.370 e. The normalized spacial score (nSPS) is 15.2. The van der Waals surface area contributed by atoms with Gasteiger partial charge in [-0.2, -0.15) is 0 Å². The summed E-state index contributed by atoms with van der Waals surface area (Å²) in [6.45, 7) is 4.93. The number of halogens is 1. The highest BCUT2D eigenvalue weighted by atomic mass is 35.5. The van der Waals surface area contributed by atoms with Gasteiger partial charge in [0.2, 0.25) is 0 Å². The molecular weight excluding hydrogens is 334 g/mol. The van der Waals surface area contributed by atoms with Crippen molar-refractivity contribution in [2.24, 2.45) is 5.92 Å². The van der Waals surface area contributed by atoms with Gasteiger partial charge in [0.25, 0.3) is 5.91 Å². The standard InChI is InChI=1S/C20H24ClN3O/c1-15-6-9-24(10-7-15)19-12-17(13-22-14-19)20(25)23-8-5-16-3-2-4-18(21)11-16/h2-4,11-15H,5-10H2,1H3,(H,23,25). The molecule has 25 heavy (non-hydrogen) atoms. The average molecular weight is 358 g/mol. The van der Waals surface area contributed by atoms with E-state index < -0.39 is 0 Å². The maximum Gasteiger partial charge on any atom is 0.252 e. The Morgan fingerprint density at radius 2 is 2.08 bits per heavy atom. The molecular formula is C20H24ClN3O. The van der Waals surface area contributed by atoms with Crippen molar-refractivity contribution < 1.29 is 4.79 Å². The number of benzene rings is 1. The molecule has 0 bridgehead atoms. The van der Waals surface area contributed by atoms with Gasteiger partial charge < -0.3 is 10.2 Å². The van der Waals surface area contributed by atoms with E-state index in [2.05, 4.69) is 22.1 Å². The van der Waals surface area contributed by atoms with Gasteiger partial charge in [0, 0.05) is 30.9 Å². The largest absolute Gasteiger partial charge is 0.370 e. The smallest absolute Gasteiger partial charge is 0.252 e. The monoisotopic (exact) mass is 357 g/mol. The molecule has 4 nitrogen and oxygen atoms in total. The fourth-order valence-corrected chi connectivity index (χ4v) is 3.32. The van der Waals surface area contributed by atoms with Gasteiger partial charge in [0.1, 0.15) is 0 Å². The third kappa shape index (κ3) is 4.95. The SMILES string of the molecule is CC1CCN(c2cncc(C(=O)NCCc3cccc(Cl)c3)c2)CC1. The number of piperidine rings is 1. The summed E-state index contributed by atoms with van der Waals surface area (Å²) >= 11 is 5.98. The summed E-state index contributed by atoms with van der Waals surface area (Å²) in [7, 11) is 0. The zero-order chi connectivity index (χ0) is 17.6. The predicted octanol–water partition coefficient (Wildman–Crippen LogP) is 3.94. The molecule has 0 aliphatic carbocycles. The van der Waals surface area contributed by atoms with E-state index in [9.17, 15) is 4.79 Å². The summed E-state index contributed by atoms with van der Waals surface area (Å²) in [6.07, 6.45) is 6.61. The summed E-state index contributed by atoms with van der Waals surface area (Å²) in [5, 5.41) is 3.68. The molecule has 2 aromatic rings.